The van der Waals surface area contributed by atoms with Crippen molar-refractivity contribution in [2.45, 2.75) is 0 Å². The van der Waals surface area contributed by atoms with E-state index >= 15 is 0 Å². The van der Waals surface area contributed by atoms with E-state index in [9.17, 15) is 9.59 Å². The van der Waals surface area contributed by atoms with Gasteiger partial charge in [-0.3, -0.25) is 9.59 Å². The van der Waals surface area contributed by atoms with Gasteiger partial charge in [-0.15, -0.1) is 0 Å². The first-order valence-electron chi connectivity index (χ1n) is 7.68. The molecule has 0 aliphatic heterocycles. The summed E-state index contributed by atoms with van der Waals surface area (Å²) in [5.74, 6) is 0. The fourth-order valence-corrected chi connectivity index (χ4v) is 2.53. The molecule has 0 aliphatic rings. The van der Waals surface area contributed by atoms with Gasteiger partial charge in [-0.1, -0.05) is 78.9 Å². The lowest BCUT2D eigenvalue weighted by atomic mass is 9.94. The van der Waals surface area contributed by atoms with E-state index in [1.54, 1.807) is 24.3 Å². The lowest BCUT2D eigenvalue weighted by Crippen LogP contribution is -1.91. The summed E-state index contributed by atoms with van der Waals surface area (Å²) in [6.45, 7) is 0. The molecule has 0 radical (unpaired) electrons. The second kappa shape index (κ2) is 7.34. The molecule has 0 atom stereocenters. The summed E-state index contributed by atoms with van der Waals surface area (Å²) in [5.41, 5.74) is 5.46. The summed E-state index contributed by atoms with van der Waals surface area (Å²) in [6.07, 6.45) is 3.78. The van der Waals surface area contributed by atoms with Crippen LogP contribution in [-0.4, -0.2) is 12.6 Å². The average molecular weight is 312 g/mol. The highest BCUT2D eigenvalue weighted by molar-refractivity contribution is 5.92. The molecule has 3 aromatic carbocycles. The normalized spacial score (nSPS) is 10.0. The number of benzene rings is 3. The Hall–Kier alpha value is -3.26. The van der Waals surface area contributed by atoms with Gasteiger partial charge in [0.15, 0.2) is 0 Å². The van der Waals surface area contributed by atoms with Gasteiger partial charge < -0.3 is 0 Å². The number of rotatable bonds is 5. The monoisotopic (exact) mass is 312 g/mol. The third-order valence-electron chi connectivity index (χ3n) is 3.83. The number of aldehydes is 2. The summed E-state index contributed by atoms with van der Waals surface area (Å²) in [4.78, 5) is 21.7. The maximum absolute atomic E-state index is 10.9. The van der Waals surface area contributed by atoms with Gasteiger partial charge in [-0.05, 0) is 28.3 Å². The van der Waals surface area contributed by atoms with E-state index in [4.69, 9.17) is 0 Å². The first kappa shape index (κ1) is 15.6. The quantitative estimate of drug-likeness (QED) is 0.496. The van der Waals surface area contributed by atoms with E-state index in [-0.39, 0.29) is 0 Å². The Morgan fingerprint density at radius 1 is 0.542 bits per heavy atom. The van der Waals surface area contributed by atoms with Crippen molar-refractivity contribution in [1.29, 1.82) is 0 Å². The Labute approximate surface area is 141 Å². The lowest BCUT2D eigenvalue weighted by molar-refractivity contribution is 0.111. The summed E-state index contributed by atoms with van der Waals surface area (Å²) in [6, 6.07) is 25.0. The summed E-state index contributed by atoms with van der Waals surface area (Å²) in [7, 11) is 0. The molecule has 0 fully saturated rings. The molecule has 0 N–H and O–H groups in total. The van der Waals surface area contributed by atoms with Crippen molar-refractivity contribution in [3.8, 4) is 0 Å². The molecule has 0 aliphatic carbocycles. The molecule has 116 valence electrons. The Bertz CT molecular complexity index is 805. The molecule has 0 saturated heterocycles. The standard InChI is InChI=1S/C22H16O2/c23-15-18-6-10-20(11-7-18)22(14-17-4-2-1-3-5-17)21-12-8-19(16-24)9-13-21/h1-16H. The highest BCUT2D eigenvalue weighted by atomic mass is 16.1. The summed E-state index contributed by atoms with van der Waals surface area (Å²) in [5, 5.41) is 0. The Kier molecular flexibility index (Phi) is 4.78. The zero-order valence-electron chi connectivity index (χ0n) is 13.1. The van der Waals surface area contributed by atoms with Crippen molar-refractivity contribution in [3.63, 3.8) is 0 Å². The largest absolute Gasteiger partial charge is 0.298 e. The van der Waals surface area contributed by atoms with Gasteiger partial charge >= 0.3 is 0 Å². The van der Waals surface area contributed by atoms with E-state index < -0.39 is 0 Å². The van der Waals surface area contributed by atoms with E-state index in [0.717, 1.165) is 34.8 Å². The number of hydrogen-bond donors (Lipinski definition) is 0. The minimum Gasteiger partial charge on any atom is -0.298 e. The smallest absolute Gasteiger partial charge is 0.150 e. The molecule has 0 aromatic heterocycles. The van der Waals surface area contributed by atoms with Gasteiger partial charge in [0.25, 0.3) is 0 Å². The first-order chi connectivity index (χ1) is 11.8. The van der Waals surface area contributed by atoms with Crippen molar-refractivity contribution in [2.75, 3.05) is 0 Å². The topological polar surface area (TPSA) is 34.1 Å². The molecule has 3 rings (SSSR count). The molecular formula is C22H16O2. The second-order valence-electron chi connectivity index (χ2n) is 5.45. The molecule has 24 heavy (non-hydrogen) atoms. The maximum atomic E-state index is 10.9. The van der Waals surface area contributed by atoms with E-state index in [0.29, 0.717) is 11.1 Å². The van der Waals surface area contributed by atoms with Crippen LogP contribution in [-0.2, 0) is 0 Å². The molecule has 0 unspecified atom stereocenters. The number of carbonyl (C=O) groups is 2. The van der Waals surface area contributed by atoms with Gasteiger partial charge in [0.2, 0.25) is 0 Å². The average Bonchev–Trinajstić information content (AvgIpc) is 2.67. The lowest BCUT2D eigenvalue weighted by Gasteiger charge is -2.10. The van der Waals surface area contributed by atoms with Crippen LogP contribution in [0.3, 0.4) is 0 Å². The van der Waals surface area contributed by atoms with Crippen molar-refractivity contribution >= 4 is 24.2 Å². The fourth-order valence-electron chi connectivity index (χ4n) is 2.53. The summed E-state index contributed by atoms with van der Waals surface area (Å²) < 4.78 is 0. The van der Waals surface area contributed by atoms with Crippen molar-refractivity contribution in [1.82, 2.24) is 0 Å². The van der Waals surface area contributed by atoms with Crippen LogP contribution >= 0.6 is 0 Å². The van der Waals surface area contributed by atoms with Gasteiger partial charge in [0.05, 0.1) is 0 Å². The first-order valence-corrected chi connectivity index (χ1v) is 7.68. The zero-order valence-corrected chi connectivity index (χ0v) is 13.1. The maximum Gasteiger partial charge on any atom is 0.150 e. The molecule has 0 saturated carbocycles. The van der Waals surface area contributed by atoms with Crippen molar-refractivity contribution in [3.05, 3.63) is 107 Å². The van der Waals surface area contributed by atoms with E-state index in [1.807, 2.05) is 54.6 Å². The SMILES string of the molecule is O=Cc1ccc(C(=Cc2ccccc2)c2ccc(C=O)cc2)cc1. The van der Waals surface area contributed by atoms with Crippen LogP contribution in [0, 0.1) is 0 Å². The van der Waals surface area contributed by atoms with Crippen LogP contribution in [0.1, 0.15) is 37.4 Å². The minimum atomic E-state index is 0.647. The number of hydrogen-bond acceptors (Lipinski definition) is 2. The number of carbonyl (C=O) groups excluding carboxylic acids is 2. The fraction of sp³-hybridized carbons (Fsp3) is 0. The van der Waals surface area contributed by atoms with Crippen LogP contribution in [0.15, 0.2) is 78.9 Å². The molecule has 2 heteroatoms. The highest BCUT2D eigenvalue weighted by Gasteiger charge is 2.06. The third kappa shape index (κ3) is 3.55. The van der Waals surface area contributed by atoms with Gasteiger partial charge in [-0.25, -0.2) is 0 Å². The molecular weight excluding hydrogens is 296 g/mol. The van der Waals surface area contributed by atoms with Crippen LogP contribution in [0.5, 0.6) is 0 Å². The van der Waals surface area contributed by atoms with Crippen LogP contribution in [0.25, 0.3) is 11.6 Å². The van der Waals surface area contributed by atoms with Gasteiger partial charge in [0.1, 0.15) is 12.6 Å². The Morgan fingerprint density at radius 2 is 1.00 bits per heavy atom. The molecule has 0 heterocycles. The highest BCUT2D eigenvalue weighted by Crippen LogP contribution is 2.26. The molecule has 2 nitrogen and oxygen atoms in total. The zero-order chi connectivity index (χ0) is 16.8. The molecule has 3 aromatic rings. The Morgan fingerprint density at radius 3 is 1.42 bits per heavy atom. The third-order valence-corrected chi connectivity index (χ3v) is 3.83. The van der Waals surface area contributed by atoms with Gasteiger partial charge in [-0.2, -0.15) is 0 Å². The Balaban J connectivity index is 2.10. The van der Waals surface area contributed by atoms with Crippen LogP contribution in [0.2, 0.25) is 0 Å². The van der Waals surface area contributed by atoms with E-state index in [1.165, 1.54) is 0 Å². The predicted octanol–water partition coefficient (Wildman–Crippen LogP) is 4.90. The van der Waals surface area contributed by atoms with Crippen molar-refractivity contribution < 1.29 is 9.59 Å². The second-order valence-corrected chi connectivity index (χ2v) is 5.45. The van der Waals surface area contributed by atoms with Crippen molar-refractivity contribution in [2.24, 2.45) is 0 Å². The van der Waals surface area contributed by atoms with E-state index in [2.05, 4.69) is 6.08 Å². The minimum absolute atomic E-state index is 0.647. The predicted molar refractivity (Wildman–Crippen MR) is 97.1 cm³/mol. The molecule has 0 spiro atoms. The molecule has 0 amide bonds. The van der Waals surface area contributed by atoms with Gasteiger partial charge in [0, 0.05) is 11.1 Å². The summed E-state index contributed by atoms with van der Waals surface area (Å²) >= 11 is 0. The van der Waals surface area contributed by atoms with Crippen LogP contribution in [0.4, 0.5) is 0 Å². The molecule has 0 bridgehead atoms. The van der Waals surface area contributed by atoms with Crippen LogP contribution < -0.4 is 0 Å².